The highest BCUT2D eigenvalue weighted by Gasteiger charge is 2.33. The van der Waals surface area contributed by atoms with Crippen LogP contribution in [0.1, 0.15) is 74.7 Å². The fraction of sp³-hybridized carbons (Fsp3) is 0.548. The van der Waals surface area contributed by atoms with Gasteiger partial charge in [-0.15, -0.1) is 0 Å². The first-order valence-electron chi connectivity index (χ1n) is 14.7. The molecule has 0 radical (unpaired) electrons. The number of benzene rings is 1. The third-order valence-corrected chi connectivity index (χ3v) is 7.45. The lowest BCUT2D eigenvalue weighted by atomic mass is 9.87. The molecule has 1 aliphatic rings. The topological polar surface area (TPSA) is 157 Å². The number of carbonyl (C=O) groups is 5. The van der Waals surface area contributed by atoms with Crippen LogP contribution in [0.3, 0.4) is 0 Å². The summed E-state index contributed by atoms with van der Waals surface area (Å²) in [6, 6.07) is 5.70. The molecule has 2 heterocycles. The lowest BCUT2D eigenvalue weighted by Gasteiger charge is -2.26. The highest BCUT2D eigenvalue weighted by Crippen LogP contribution is 2.22. The number of Topliss-reactive ketones (excluding diaryl/α,β-unsaturated/α-hetero) is 1. The Kier molecular flexibility index (Phi) is 12.4. The van der Waals surface area contributed by atoms with E-state index >= 15 is 0 Å². The van der Waals surface area contributed by atoms with Gasteiger partial charge in [-0.2, -0.15) is 0 Å². The fourth-order valence-electron chi connectivity index (χ4n) is 5.15. The lowest BCUT2D eigenvalue weighted by molar-refractivity contribution is -0.143. The Morgan fingerprint density at radius 1 is 1.16 bits per heavy atom. The number of ether oxygens (including phenoxy) is 1. The zero-order valence-electron chi connectivity index (χ0n) is 25.1. The third kappa shape index (κ3) is 10.3. The van der Waals surface area contributed by atoms with Gasteiger partial charge in [0.2, 0.25) is 11.8 Å². The van der Waals surface area contributed by atoms with E-state index in [2.05, 4.69) is 21.1 Å². The van der Waals surface area contributed by atoms with E-state index in [1.54, 1.807) is 39.8 Å². The summed E-state index contributed by atoms with van der Waals surface area (Å²) in [5, 5.41) is 12.2. The lowest BCUT2D eigenvalue weighted by Crippen LogP contribution is -2.47. The second-order valence-corrected chi connectivity index (χ2v) is 11.3. The number of nitrogens with one attached hydrogen (secondary N) is 3. The Hall–Kier alpha value is -4.09. The minimum Gasteiger partial charge on any atom is -0.466 e. The normalized spacial score (nSPS) is 16.7. The van der Waals surface area contributed by atoms with Crippen LogP contribution in [0.4, 0.5) is 4.39 Å². The molecule has 12 heteroatoms. The minimum absolute atomic E-state index is 0.0388. The van der Waals surface area contributed by atoms with Gasteiger partial charge in [-0.3, -0.25) is 24.0 Å². The molecule has 11 nitrogen and oxygen atoms in total. The van der Waals surface area contributed by atoms with Crippen molar-refractivity contribution in [3.63, 3.8) is 0 Å². The van der Waals surface area contributed by atoms with Crippen LogP contribution in [0.25, 0.3) is 0 Å². The summed E-state index contributed by atoms with van der Waals surface area (Å²) in [6.07, 6.45) is 1.18. The first kappa shape index (κ1) is 33.4. The Labute approximate surface area is 250 Å². The maximum absolute atomic E-state index is 13.8. The molecule has 1 fully saturated rings. The molecule has 3 N–H and O–H groups in total. The number of rotatable bonds is 16. The van der Waals surface area contributed by atoms with Gasteiger partial charge < -0.3 is 25.2 Å². The predicted molar refractivity (Wildman–Crippen MR) is 154 cm³/mol. The maximum Gasteiger partial charge on any atom is 0.305 e. The average Bonchev–Trinajstić information content (AvgIpc) is 3.58. The predicted octanol–water partition coefficient (Wildman–Crippen LogP) is 3.05. The molecule has 234 valence electrons. The van der Waals surface area contributed by atoms with E-state index in [4.69, 9.17) is 9.26 Å². The number of aryl methyl sites for hydroxylation is 1. The number of esters is 1. The highest BCUT2D eigenvalue weighted by molar-refractivity contribution is 5.97. The summed E-state index contributed by atoms with van der Waals surface area (Å²) in [4.78, 5) is 64.5. The summed E-state index contributed by atoms with van der Waals surface area (Å²) in [5.74, 6) is -3.34. The zero-order valence-corrected chi connectivity index (χ0v) is 25.1. The third-order valence-electron chi connectivity index (χ3n) is 7.45. The van der Waals surface area contributed by atoms with Crippen molar-refractivity contribution in [1.82, 2.24) is 21.1 Å². The van der Waals surface area contributed by atoms with Gasteiger partial charge in [0, 0.05) is 43.3 Å². The van der Waals surface area contributed by atoms with E-state index in [1.165, 1.54) is 18.2 Å². The van der Waals surface area contributed by atoms with Crippen LogP contribution in [0.5, 0.6) is 0 Å². The van der Waals surface area contributed by atoms with E-state index in [9.17, 15) is 28.4 Å². The Balaban J connectivity index is 1.79. The van der Waals surface area contributed by atoms with Gasteiger partial charge in [0.15, 0.2) is 11.5 Å². The van der Waals surface area contributed by atoms with Gasteiger partial charge in [0.05, 0.1) is 12.6 Å². The minimum atomic E-state index is -0.908. The molecule has 0 saturated carbocycles. The van der Waals surface area contributed by atoms with Gasteiger partial charge in [-0.1, -0.05) is 31.1 Å². The molecule has 1 aromatic heterocycles. The fourth-order valence-corrected chi connectivity index (χ4v) is 5.15. The SMILES string of the molecule is CCOC(=O)CC[C@H](C[C@@H]1CCNC1=O)NC(=O)[C@@H](CC(=O)[C@@H](NC(=O)c1cc(C)on1)C(C)C)Cc1ccc(F)cc1. The van der Waals surface area contributed by atoms with Crippen molar-refractivity contribution >= 4 is 29.5 Å². The number of hydrogen-bond donors (Lipinski definition) is 3. The summed E-state index contributed by atoms with van der Waals surface area (Å²) in [7, 11) is 0. The summed E-state index contributed by atoms with van der Waals surface area (Å²) in [5.41, 5.74) is 0.688. The van der Waals surface area contributed by atoms with Crippen molar-refractivity contribution in [2.45, 2.75) is 78.3 Å². The molecular formula is C31H41FN4O7. The molecule has 0 spiro atoms. The zero-order chi connectivity index (χ0) is 31.5. The van der Waals surface area contributed by atoms with Crippen molar-refractivity contribution in [3.8, 4) is 0 Å². The number of halogens is 1. The molecular weight excluding hydrogens is 559 g/mol. The highest BCUT2D eigenvalue weighted by atomic mass is 19.1. The van der Waals surface area contributed by atoms with E-state index in [1.807, 2.05) is 0 Å². The molecule has 1 aromatic carbocycles. The number of carbonyl (C=O) groups excluding carboxylic acids is 5. The second kappa shape index (κ2) is 15.9. The molecule has 1 saturated heterocycles. The van der Waals surface area contributed by atoms with Crippen LogP contribution in [0.2, 0.25) is 0 Å². The number of nitrogens with zero attached hydrogens (tertiary/aromatic N) is 1. The molecule has 3 amide bonds. The summed E-state index contributed by atoms with van der Waals surface area (Å²) in [6.45, 7) is 7.68. The van der Waals surface area contributed by atoms with Crippen molar-refractivity contribution in [2.75, 3.05) is 13.2 Å². The van der Waals surface area contributed by atoms with Crippen LogP contribution in [-0.2, 0) is 30.3 Å². The van der Waals surface area contributed by atoms with E-state index in [0.717, 1.165) is 0 Å². The average molecular weight is 601 g/mol. The Bertz CT molecular complexity index is 1280. The monoisotopic (exact) mass is 600 g/mol. The van der Waals surface area contributed by atoms with Crippen LogP contribution >= 0.6 is 0 Å². The Morgan fingerprint density at radius 2 is 1.88 bits per heavy atom. The number of aromatic nitrogens is 1. The van der Waals surface area contributed by atoms with Crippen LogP contribution in [0.15, 0.2) is 34.9 Å². The van der Waals surface area contributed by atoms with Crippen LogP contribution in [0, 0.1) is 30.5 Å². The van der Waals surface area contributed by atoms with Gasteiger partial charge in [-0.25, -0.2) is 4.39 Å². The number of hydrogen-bond acceptors (Lipinski definition) is 8. The van der Waals surface area contributed by atoms with Crippen molar-refractivity contribution in [1.29, 1.82) is 0 Å². The molecule has 2 aromatic rings. The summed E-state index contributed by atoms with van der Waals surface area (Å²) < 4.78 is 23.6. The van der Waals surface area contributed by atoms with Gasteiger partial charge in [-0.05, 0) is 63.1 Å². The van der Waals surface area contributed by atoms with Crippen molar-refractivity contribution < 1.29 is 37.6 Å². The van der Waals surface area contributed by atoms with Crippen molar-refractivity contribution in [2.24, 2.45) is 17.8 Å². The quantitative estimate of drug-likeness (QED) is 0.248. The van der Waals surface area contributed by atoms with Crippen LogP contribution < -0.4 is 16.0 Å². The van der Waals surface area contributed by atoms with Gasteiger partial charge in [0.1, 0.15) is 11.6 Å². The van der Waals surface area contributed by atoms with Crippen molar-refractivity contribution in [3.05, 3.63) is 53.2 Å². The molecule has 3 rings (SSSR count). The Morgan fingerprint density at radius 3 is 2.47 bits per heavy atom. The standard InChI is InChI=1S/C31H41FN4O7/c1-5-42-27(38)11-10-24(16-21-12-13-33-29(21)39)34-30(40)22(15-20-6-8-23(32)9-7-20)17-26(37)28(18(2)3)35-31(41)25-14-19(4)43-36-25/h6-9,14,18,21-22,24,28H,5,10-13,15-17H2,1-4H3,(H,33,39)(H,34,40)(H,35,41)/t21-,22+,24+,28-/m0/s1. The largest absolute Gasteiger partial charge is 0.466 e. The number of ketones is 1. The molecule has 43 heavy (non-hydrogen) atoms. The molecule has 0 aliphatic carbocycles. The van der Waals surface area contributed by atoms with E-state index in [0.29, 0.717) is 30.7 Å². The molecule has 0 unspecified atom stereocenters. The van der Waals surface area contributed by atoms with E-state index < -0.39 is 41.6 Å². The van der Waals surface area contributed by atoms with Crippen LogP contribution in [-0.4, -0.2) is 59.9 Å². The smallest absolute Gasteiger partial charge is 0.305 e. The van der Waals surface area contributed by atoms with Gasteiger partial charge in [0.25, 0.3) is 5.91 Å². The number of amides is 3. The second-order valence-electron chi connectivity index (χ2n) is 11.3. The molecule has 1 aliphatic heterocycles. The molecule has 0 bridgehead atoms. The van der Waals surface area contributed by atoms with E-state index in [-0.39, 0.29) is 61.5 Å². The first-order valence-corrected chi connectivity index (χ1v) is 14.7. The molecule has 4 atom stereocenters. The van der Waals surface area contributed by atoms with Gasteiger partial charge >= 0.3 is 5.97 Å². The first-order chi connectivity index (χ1) is 20.5. The maximum atomic E-state index is 13.8. The summed E-state index contributed by atoms with van der Waals surface area (Å²) >= 11 is 0.